The first-order valence-corrected chi connectivity index (χ1v) is 11.0. The van der Waals surface area contributed by atoms with E-state index in [0.717, 1.165) is 0 Å². The largest absolute Gasteiger partial charge is 0.480 e. The van der Waals surface area contributed by atoms with Crippen LogP contribution in [0.15, 0.2) is 12.5 Å². The molecule has 1 rings (SSSR count). The number of aromatic amines is 1. The van der Waals surface area contributed by atoms with Gasteiger partial charge in [0.2, 0.25) is 23.6 Å². The number of hydrogen-bond acceptors (Lipinski definition) is 7. The second-order valence-corrected chi connectivity index (χ2v) is 8.88. The van der Waals surface area contributed by atoms with Crippen molar-refractivity contribution in [2.24, 2.45) is 23.3 Å². The minimum Gasteiger partial charge on any atom is -0.480 e. The third-order valence-corrected chi connectivity index (χ3v) is 4.94. The van der Waals surface area contributed by atoms with Crippen LogP contribution in [0, 0.1) is 11.8 Å². The summed E-state index contributed by atoms with van der Waals surface area (Å²) >= 11 is 0. The number of nitrogens with two attached hydrogens (primary N) is 2. The Labute approximate surface area is 197 Å². The average Bonchev–Trinajstić information content (AvgIpc) is 3.22. The molecular formula is C21H35N7O6. The van der Waals surface area contributed by atoms with E-state index in [2.05, 4.69) is 25.9 Å². The summed E-state index contributed by atoms with van der Waals surface area (Å²) in [6.07, 6.45) is 2.63. The Bertz CT molecular complexity index is 856. The number of aromatic nitrogens is 2. The van der Waals surface area contributed by atoms with Gasteiger partial charge in [0, 0.05) is 18.3 Å². The summed E-state index contributed by atoms with van der Waals surface area (Å²) in [6.45, 7) is 7.05. The van der Waals surface area contributed by atoms with Crippen molar-refractivity contribution in [2.75, 3.05) is 0 Å². The van der Waals surface area contributed by atoms with Gasteiger partial charge in [-0.05, 0) is 18.3 Å². The molecule has 4 atom stereocenters. The van der Waals surface area contributed by atoms with E-state index >= 15 is 0 Å². The molecule has 0 fully saturated rings. The molecule has 0 bridgehead atoms. The fraction of sp³-hybridized carbons (Fsp3) is 0.619. The van der Waals surface area contributed by atoms with E-state index in [0.29, 0.717) is 12.1 Å². The molecule has 0 radical (unpaired) electrons. The first kappa shape index (κ1) is 28.6. The molecule has 34 heavy (non-hydrogen) atoms. The van der Waals surface area contributed by atoms with Crippen LogP contribution in [0.5, 0.6) is 0 Å². The van der Waals surface area contributed by atoms with E-state index in [1.165, 1.54) is 12.5 Å². The third kappa shape index (κ3) is 9.57. The summed E-state index contributed by atoms with van der Waals surface area (Å²) < 4.78 is 0. The second-order valence-electron chi connectivity index (χ2n) is 8.88. The standard InChI is InChI=1S/C21H35N7O6/c1-10(2)5-13(22)18(30)26-14(7-16(23)29)19(31)28-17(11(3)4)20(32)27-15(21(33)34)6-12-8-24-9-25-12/h8-11,13-15,17H,5-7,22H2,1-4H3,(H2,23,29)(H,24,25)(H,26,30)(H,27,32)(H,28,31)(H,33,34). The van der Waals surface area contributed by atoms with Crippen molar-refractivity contribution in [2.45, 2.75) is 71.1 Å². The van der Waals surface area contributed by atoms with Crippen molar-refractivity contribution in [1.29, 1.82) is 0 Å². The van der Waals surface area contributed by atoms with Gasteiger partial charge in [0.1, 0.15) is 18.1 Å². The third-order valence-electron chi connectivity index (χ3n) is 4.94. The monoisotopic (exact) mass is 481 g/mol. The van der Waals surface area contributed by atoms with Crippen molar-refractivity contribution in [3.63, 3.8) is 0 Å². The van der Waals surface area contributed by atoms with E-state index in [1.807, 2.05) is 13.8 Å². The van der Waals surface area contributed by atoms with Gasteiger partial charge in [0.05, 0.1) is 18.8 Å². The number of primary amides is 1. The summed E-state index contributed by atoms with van der Waals surface area (Å²) in [4.78, 5) is 67.8. The Hall–Kier alpha value is -3.48. The number of carbonyl (C=O) groups excluding carboxylic acids is 4. The van der Waals surface area contributed by atoms with E-state index in [1.54, 1.807) is 13.8 Å². The molecule has 1 heterocycles. The number of carboxylic acid groups (broad SMARTS) is 1. The molecule has 0 spiro atoms. The Morgan fingerprint density at radius 2 is 1.62 bits per heavy atom. The number of nitrogens with zero attached hydrogens (tertiary/aromatic N) is 1. The highest BCUT2D eigenvalue weighted by Gasteiger charge is 2.32. The summed E-state index contributed by atoms with van der Waals surface area (Å²) in [6, 6.07) is -4.67. The SMILES string of the molecule is CC(C)CC(N)C(=O)NC(CC(N)=O)C(=O)NC(C(=O)NC(Cc1cnc[nH]1)C(=O)O)C(C)C. The van der Waals surface area contributed by atoms with Crippen LogP contribution in [0.3, 0.4) is 0 Å². The van der Waals surface area contributed by atoms with Gasteiger partial charge in [-0.15, -0.1) is 0 Å². The number of hydrogen-bond donors (Lipinski definition) is 7. The minimum atomic E-state index is -1.35. The van der Waals surface area contributed by atoms with Crippen LogP contribution in [0.1, 0.15) is 46.2 Å². The van der Waals surface area contributed by atoms with Gasteiger partial charge in [-0.25, -0.2) is 9.78 Å². The van der Waals surface area contributed by atoms with Crippen LogP contribution >= 0.6 is 0 Å². The maximum atomic E-state index is 12.9. The maximum absolute atomic E-state index is 12.9. The van der Waals surface area contributed by atoms with Gasteiger partial charge < -0.3 is 37.5 Å². The molecule has 1 aromatic heterocycles. The number of carboxylic acids is 1. The fourth-order valence-electron chi connectivity index (χ4n) is 3.17. The highest BCUT2D eigenvalue weighted by atomic mass is 16.4. The van der Waals surface area contributed by atoms with Crippen LogP contribution in [-0.4, -0.2) is 68.8 Å². The molecule has 13 heteroatoms. The highest BCUT2D eigenvalue weighted by molar-refractivity contribution is 5.96. The van der Waals surface area contributed by atoms with Gasteiger partial charge in [-0.1, -0.05) is 27.7 Å². The highest BCUT2D eigenvalue weighted by Crippen LogP contribution is 2.07. The number of nitrogens with one attached hydrogen (secondary N) is 4. The molecule has 1 aromatic rings. The van der Waals surface area contributed by atoms with Crippen molar-refractivity contribution < 1.29 is 29.1 Å². The first-order chi connectivity index (χ1) is 15.8. The number of imidazole rings is 1. The van der Waals surface area contributed by atoms with Crippen LogP contribution in [0.2, 0.25) is 0 Å². The van der Waals surface area contributed by atoms with Gasteiger partial charge >= 0.3 is 5.97 Å². The summed E-state index contributed by atoms with van der Waals surface area (Å²) in [7, 11) is 0. The molecule has 0 saturated heterocycles. The quantitative estimate of drug-likeness (QED) is 0.163. The zero-order valence-corrected chi connectivity index (χ0v) is 19.8. The van der Waals surface area contributed by atoms with Gasteiger partial charge in [-0.3, -0.25) is 19.2 Å². The average molecular weight is 482 g/mol. The number of H-pyrrole nitrogens is 1. The molecule has 190 valence electrons. The van der Waals surface area contributed by atoms with E-state index in [4.69, 9.17) is 11.5 Å². The lowest BCUT2D eigenvalue weighted by Crippen LogP contribution is -2.59. The minimum absolute atomic E-state index is 0.0477. The van der Waals surface area contributed by atoms with E-state index in [9.17, 15) is 29.1 Å². The Morgan fingerprint density at radius 3 is 2.09 bits per heavy atom. The number of carbonyl (C=O) groups is 5. The molecular weight excluding hydrogens is 446 g/mol. The molecule has 9 N–H and O–H groups in total. The van der Waals surface area contributed by atoms with Crippen molar-refractivity contribution >= 4 is 29.6 Å². The Kier molecular flexibility index (Phi) is 11.2. The molecule has 0 saturated carbocycles. The topological polar surface area (TPSA) is 222 Å². The smallest absolute Gasteiger partial charge is 0.326 e. The van der Waals surface area contributed by atoms with Crippen LogP contribution in [-0.2, 0) is 30.4 Å². The fourth-order valence-corrected chi connectivity index (χ4v) is 3.17. The first-order valence-electron chi connectivity index (χ1n) is 11.0. The normalized spacial score (nSPS) is 14.7. The van der Waals surface area contributed by atoms with Gasteiger partial charge in [0.25, 0.3) is 0 Å². The lowest BCUT2D eigenvalue weighted by Gasteiger charge is -2.26. The summed E-state index contributed by atoms with van der Waals surface area (Å²) in [5.41, 5.74) is 11.6. The Balaban J connectivity index is 2.94. The lowest BCUT2D eigenvalue weighted by molar-refractivity contribution is -0.142. The predicted octanol–water partition coefficient (Wildman–Crippen LogP) is -1.60. The maximum Gasteiger partial charge on any atom is 0.326 e. The van der Waals surface area contributed by atoms with Crippen molar-refractivity contribution in [3.8, 4) is 0 Å². The van der Waals surface area contributed by atoms with Crippen LogP contribution in [0.25, 0.3) is 0 Å². The molecule has 0 aliphatic heterocycles. The van der Waals surface area contributed by atoms with Gasteiger partial charge in [-0.2, -0.15) is 0 Å². The van der Waals surface area contributed by atoms with Crippen LogP contribution in [0.4, 0.5) is 0 Å². The zero-order valence-electron chi connectivity index (χ0n) is 19.8. The van der Waals surface area contributed by atoms with Crippen molar-refractivity contribution in [3.05, 3.63) is 18.2 Å². The van der Waals surface area contributed by atoms with Crippen LogP contribution < -0.4 is 27.4 Å². The summed E-state index contributed by atoms with van der Waals surface area (Å²) in [5, 5.41) is 16.8. The molecule has 0 aliphatic rings. The predicted molar refractivity (Wildman–Crippen MR) is 122 cm³/mol. The van der Waals surface area contributed by atoms with E-state index in [-0.39, 0.29) is 12.3 Å². The Morgan fingerprint density at radius 1 is 1.00 bits per heavy atom. The summed E-state index contributed by atoms with van der Waals surface area (Å²) in [5.74, 6) is -4.62. The molecule has 0 aromatic carbocycles. The molecule has 4 amide bonds. The van der Waals surface area contributed by atoms with E-state index < -0.39 is 66.1 Å². The number of rotatable bonds is 14. The molecule has 0 aliphatic carbocycles. The number of amides is 4. The number of aliphatic carboxylic acids is 1. The van der Waals surface area contributed by atoms with Gasteiger partial charge in [0.15, 0.2) is 0 Å². The lowest BCUT2D eigenvalue weighted by atomic mass is 10.0. The zero-order chi connectivity index (χ0) is 26.0. The second kappa shape index (κ2) is 13.3. The van der Waals surface area contributed by atoms with Crippen molar-refractivity contribution in [1.82, 2.24) is 25.9 Å². The molecule has 13 nitrogen and oxygen atoms in total. The molecule has 4 unspecified atom stereocenters.